The summed E-state index contributed by atoms with van der Waals surface area (Å²) in [5.74, 6) is 0.0715. The van der Waals surface area contributed by atoms with Gasteiger partial charge in [-0.15, -0.1) is 0 Å². The number of ether oxygens (including phenoxy) is 1. The number of hydrogen-bond donors (Lipinski definition) is 1. The minimum atomic E-state index is -0.503. The summed E-state index contributed by atoms with van der Waals surface area (Å²) in [7, 11) is 0. The molecule has 1 heterocycles. The Bertz CT molecular complexity index is 659. The van der Waals surface area contributed by atoms with E-state index in [9.17, 15) is 14.9 Å². The number of aromatic nitrogens is 1. The quantitative estimate of drug-likeness (QED) is 0.500. The van der Waals surface area contributed by atoms with Gasteiger partial charge in [-0.2, -0.15) is 0 Å². The van der Waals surface area contributed by atoms with Crippen LogP contribution in [-0.4, -0.2) is 22.4 Å². The van der Waals surface area contributed by atoms with Crippen LogP contribution >= 0.6 is 11.6 Å². The predicted molar refractivity (Wildman–Crippen MR) is 79.7 cm³/mol. The maximum absolute atomic E-state index is 11.6. The van der Waals surface area contributed by atoms with Gasteiger partial charge >= 0.3 is 0 Å². The van der Waals surface area contributed by atoms with E-state index in [4.69, 9.17) is 16.3 Å². The second kappa shape index (κ2) is 7.37. The molecule has 1 aromatic carbocycles. The van der Waals surface area contributed by atoms with E-state index in [1.54, 1.807) is 18.3 Å². The molecule has 8 heteroatoms. The predicted octanol–water partition coefficient (Wildman–Crippen LogP) is 2.34. The number of nitro groups is 1. The summed E-state index contributed by atoms with van der Waals surface area (Å²) in [4.78, 5) is 25.5. The molecule has 0 fully saturated rings. The zero-order valence-corrected chi connectivity index (χ0v) is 12.1. The van der Waals surface area contributed by atoms with E-state index >= 15 is 0 Å². The first-order chi connectivity index (χ1) is 10.5. The molecule has 0 aliphatic heterocycles. The Morgan fingerprint density at radius 3 is 2.59 bits per heavy atom. The number of nitrogens with one attached hydrogen (secondary N) is 1. The minimum Gasteiger partial charge on any atom is -0.484 e. The lowest BCUT2D eigenvalue weighted by Gasteiger charge is -2.07. The summed E-state index contributed by atoms with van der Waals surface area (Å²) in [5, 5.41) is 13.6. The molecule has 0 aliphatic carbocycles. The van der Waals surface area contributed by atoms with Gasteiger partial charge in [0.1, 0.15) is 10.9 Å². The van der Waals surface area contributed by atoms with Crippen LogP contribution in [0.25, 0.3) is 0 Å². The Morgan fingerprint density at radius 1 is 1.27 bits per heavy atom. The van der Waals surface area contributed by atoms with Gasteiger partial charge in [0.25, 0.3) is 11.6 Å². The fourth-order valence-electron chi connectivity index (χ4n) is 1.58. The third kappa shape index (κ3) is 4.71. The highest BCUT2D eigenvalue weighted by atomic mass is 35.5. The highest BCUT2D eigenvalue weighted by Crippen LogP contribution is 2.17. The van der Waals surface area contributed by atoms with Crippen molar-refractivity contribution in [3.63, 3.8) is 0 Å². The number of non-ortho nitro benzene ring substituents is 1. The van der Waals surface area contributed by atoms with E-state index in [1.165, 1.54) is 24.3 Å². The summed E-state index contributed by atoms with van der Waals surface area (Å²) in [6.45, 7) is 0.130. The van der Waals surface area contributed by atoms with Crippen LogP contribution in [-0.2, 0) is 11.3 Å². The number of carbonyl (C=O) groups excluding carboxylic acids is 1. The molecule has 0 bridgehead atoms. The smallest absolute Gasteiger partial charge is 0.269 e. The maximum atomic E-state index is 11.6. The molecule has 1 N–H and O–H groups in total. The minimum absolute atomic E-state index is 0.0351. The highest BCUT2D eigenvalue weighted by Gasteiger charge is 2.06. The van der Waals surface area contributed by atoms with E-state index in [-0.39, 0.29) is 18.2 Å². The molecule has 0 unspecified atom stereocenters. The summed E-state index contributed by atoms with van der Waals surface area (Å²) in [6, 6.07) is 8.89. The van der Waals surface area contributed by atoms with Crippen LogP contribution in [0.1, 0.15) is 5.56 Å². The van der Waals surface area contributed by atoms with Gasteiger partial charge in [0.2, 0.25) is 0 Å². The summed E-state index contributed by atoms with van der Waals surface area (Å²) < 4.78 is 5.24. The van der Waals surface area contributed by atoms with Crippen molar-refractivity contribution in [1.82, 2.24) is 10.3 Å². The summed E-state index contributed by atoms with van der Waals surface area (Å²) in [5.41, 5.74) is 0.778. The Balaban J connectivity index is 1.77. The van der Waals surface area contributed by atoms with Crippen molar-refractivity contribution in [3.05, 3.63) is 63.4 Å². The van der Waals surface area contributed by atoms with E-state index < -0.39 is 4.92 Å². The van der Waals surface area contributed by atoms with Gasteiger partial charge in [0, 0.05) is 24.9 Å². The van der Waals surface area contributed by atoms with E-state index in [0.29, 0.717) is 17.4 Å². The van der Waals surface area contributed by atoms with Crippen molar-refractivity contribution >= 4 is 23.2 Å². The standard InChI is InChI=1S/C14H12ClN3O4/c15-13-6-1-10(7-16-13)8-17-14(19)9-22-12-4-2-11(3-5-12)18(20)21/h1-7H,8-9H2,(H,17,19). The van der Waals surface area contributed by atoms with Crippen LogP contribution in [0.5, 0.6) is 5.75 Å². The average Bonchev–Trinajstić information content (AvgIpc) is 2.52. The largest absolute Gasteiger partial charge is 0.484 e. The van der Waals surface area contributed by atoms with Gasteiger partial charge in [-0.25, -0.2) is 4.98 Å². The topological polar surface area (TPSA) is 94.4 Å². The van der Waals surface area contributed by atoms with Gasteiger partial charge in [0.05, 0.1) is 4.92 Å². The molecule has 0 spiro atoms. The van der Waals surface area contributed by atoms with Crippen LogP contribution < -0.4 is 10.1 Å². The van der Waals surface area contributed by atoms with Gasteiger partial charge in [-0.3, -0.25) is 14.9 Å². The number of nitro benzene ring substituents is 1. The second-order valence-corrected chi connectivity index (χ2v) is 4.69. The van der Waals surface area contributed by atoms with Crippen LogP contribution in [0.2, 0.25) is 5.15 Å². The first kappa shape index (κ1) is 15.7. The Kier molecular flexibility index (Phi) is 5.26. The molecule has 2 aromatic rings. The molecule has 0 radical (unpaired) electrons. The molecule has 0 saturated carbocycles. The second-order valence-electron chi connectivity index (χ2n) is 4.31. The molecule has 2 rings (SSSR count). The average molecular weight is 322 g/mol. The number of hydrogen-bond acceptors (Lipinski definition) is 5. The van der Waals surface area contributed by atoms with E-state index in [0.717, 1.165) is 5.56 Å². The lowest BCUT2D eigenvalue weighted by Crippen LogP contribution is -2.28. The molecule has 114 valence electrons. The lowest BCUT2D eigenvalue weighted by molar-refractivity contribution is -0.384. The van der Waals surface area contributed by atoms with Crippen molar-refractivity contribution < 1.29 is 14.5 Å². The van der Waals surface area contributed by atoms with Crippen LogP contribution in [0.15, 0.2) is 42.6 Å². The number of carbonyl (C=O) groups is 1. The van der Waals surface area contributed by atoms with Gasteiger partial charge in [-0.05, 0) is 23.8 Å². The van der Waals surface area contributed by atoms with E-state index in [1.807, 2.05) is 0 Å². The van der Waals surface area contributed by atoms with Crippen molar-refractivity contribution in [2.75, 3.05) is 6.61 Å². The fourth-order valence-corrected chi connectivity index (χ4v) is 1.69. The molecule has 0 aliphatic rings. The highest BCUT2D eigenvalue weighted by molar-refractivity contribution is 6.29. The van der Waals surface area contributed by atoms with Crippen LogP contribution in [0.4, 0.5) is 5.69 Å². The normalized spacial score (nSPS) is 10.0. The number of nitrogens with zero attached hydrogens (tertiary/aromatic N) is 2. The number of pyridine rings is 1. The molecule has 7 nitrogen and oxygen atoms in total. The zero-order valence-electron chi connectivity index (χ0n) is 11.4. The molecule has 0 saturated heterocycles. The molecule has 0 atom stereocenters. The van der Waals surface area contributed by atoms with Crippen molar-refractivity contribution in [2.45, 2.75) is 6.54 Å². The fraction of sp³-hybridized carbons (Fsp3) is 0.143. The van der Waals surface area contributed by atoms with Crippen molar-refractivity contribution in [3.8, 4) is 5.75 Å². The zero-order chi connectivity index (χ0) is 15.9. The van der Waals surface area contributed by atoms with Crippen molar-refractivity contribution in [1.29, 1.82) is 0 Å². The SMILES string of the molecule is O=C(COc1ccc([N+](=O)[O-])cc1)NCc1ccc(Cl)nc1. The Morgan fingerprint density at radius 2 is 2.00 bits per heavy atom. The van der Waals surface area contributed by atoms with Gasteiger partial charge in [-0.1, -0.05) is 17.7 Å². The van der Waals surface area contributed by atoms with Crippen molar-refractivity contribution in [2.24, 2.45) is 0 Å². The summed E-state index contributed by atoms with van der Waals surface area (Å²) in [6.07, 6.45) is 1.57. The number of rotatable bonds is 6. The number of halogens is 1. The van der Waals surface area contributed by atoms with Gasteiger partial charge < -0.3 is 10.1 Å². The summed E-state index contributed by atoms with van der Waals surface area (Å²) >= 11 is 5.66. The molecular formula is C14H12ClN3O4. The molecule has 1 amide bonds. The first-order valence-corrected chi connectivity index (χ1v) is 6.67. The third-order valence-corrected chi connectivity index (χ3v) is 2.92. The van der Waals surface area contributed by atoms with Crippen LogP contribution in [0, 0.1) is 10.1 Å². The lowest BCUT2D eigenvalue weighted by atomic mass is 10.3. The first-order valence-electron chi connectivity index (χ1n) is 6.29. The van der Waals surface area contributed by atoms with E-state index in [2.05, 4.69) is 10.3 Å². The monoisotopic (exact) mass is 321 g/mol. The third-order valence-electron chi connectivity index (χ3n) is 2.70. The molecule has 1 aromatic heterocycles. The number of benzene rings is 1. The van der Waals surface area contributed by atoms with Gasteiger partial charge in [0.15, 0.2) is 6.61 Å². The maximum Gasteiger partial charge on any atom is 0.269 e. The molecule has 22 heavy (non-hydrogen) atoms. The molecular weight excluding hydrogens is 310 g/mol. The Hall–Kier alpha value is -2.67. The van der Waals surface area contributed by atoms with Crippen LogP contribution in [0.3, 0.4) is 0 Å². The number of amides is 1. The Labute approximate surface area is 131 Å².